The van der Waals surface area contributed by atoms with Crippen LogP contribution in [0.1, 0.15) is 35.2 Å². The number of carbonyl (C=O) groups is 1. The van der Waals surface area contributed by atoms with Gasteiger partial charge in [0, 0.05) is 31.5 Å². The number of anilines is 1. The zero-order valence-electron chi connectivity index (χ0n) is 13.2. The van der Waals surface area contributed by atoms with Crippen LogP contribution in [0, 0.1) is 0 Å². The minimum absolute atomic E-state index is 0.148. The molecular formula is C17H19ClN4O. The molecule has 1 aliphatic rings. The molecule has 0 saturated heterocycles. The van der Waals surface area contributed by atoms with Crippen molar-refractivity contribution < 1.29 is 4.79 Å². The fourth-order valence-corrected chi connectivity index (χ4v) is 2.87. The molecule has 1 heterocycles. The van der Waals surface area contributed by atoms with Gasteiger partial charge in [-0.25, -0.2) is 9.97 Å². The maximum Gasteiger partial charge on any atom is 0.255 e. The zero-order valence-corrected chi connectivity index (χ0v) is 14.0. The summed E-state index contributed by atoms with van der Waals surface area (Å²) in [5.41, 5.74) is 1.25. The summed E-state index contributed by atoms with van der Waals surface area (Å²) in [6.45, 7) is 0. The molecule has 0 radical (unpaired) electrons. The second-order valence-electron chi connectivity index (χ2n) is 6.06. The van der Waals surface area contributed by atoms with Crippen LogP contribution in [0.2, 0.25) is 5.02 Å². The van der Waals surface area contributed by atoms with E-state index in [4.69, 9.17) is 11.6 Å². The molecule has 1 aromatic carbocycles. The number of halogens is 1. The first-order valence-corrected chi connectivity index (χ1v) is 7.96. The normalized spacial score (nSPS) is 15.6. The Morgan fingerprint density at radius 1 is 1.17 bits per heavy atom. The molecule has 1 fully saturated rings. The van der Waals surface area contributed by atoms with Crippen molar-refractivity contribution >= 4 is 23.5 Å². The Kier molecular flexibility index (Phi) is 4.22. The lowest BCUT2D eigenvalue weighted by atomic mass is 9.71. The Bertz CT molecular complexity index is 694. The maximum atomic E-state index is 12.5. The minimum Gasteiger partial charge on any atom is -0.347 e. The van der Waals surface area contributed by atoms with Crippen LogP contribution >= 0.6 is 11.6 Å². The number of hydrogen-bond donors (Lipinski definition) is 1. The van der Waals surface area contributed by atoms with Crippen LogP contribution in [0.4, 0.5) is 5.95 Å². The average Bonchev–Trinajstić information content (AvgIpc) is 2.52. The van der Waals surface area contributed by atoms with Gasteiger partial charge >= 0.3 is 0 Å². The summed E-state index contributed by atoms with van der Waals surface area (Å²) in [5, 5.41) is 3.85. The Morgan fingerprint density at radius 2 is 1.78 bits per heavy atom. The van der Waals surface area contributed by atoms with Gasteiger partial charge in [0.05, 0.1) is 11.1 Å². The maximum absolute atomic E-state index is 12.5. The van der Waals surface area contributed by atoms with Crippen molar-refractivity contribution in [3.63, 3.8) is 0 Å². The van der Waals surface area contributed by atoms with E-state index >= 15 is 0 Å². The van der Waals surface area contributed by atoms with E-state index in [0.29, 0.717) is 16.5 Å². The summed E-state index contributed by atoms with van der Waals surface area (Å²) in [6.07, 6.45) is 6.07. The first-order chi connectivity index (χ1) is 11.0. The lowest BCUT2D eigenvalue weighted by molar-refractivity contribution is 0.0822. The van der Waals surface area contributed by atoms with Gasteiger partial charge in [-0.2, -0.15) is 0 Å². The van der Waals surface area contributed by atoms with E-state index in [1.54, 1.807) is 17.3 Å². The standard InChI is InChI=1S/C17H19ClN4O/c1-22(2)16-19-10-12(11-20-16)15(23)21-17(8-3-9-17)13-4-6-14(18)7-5-13/h4-7,10-11H,3,8-9H2,1-2H3,(H,21,23). The number of nitrogens with zero attached hydrogens (tertiary/aromatic N) is 3. The van der Waals surface area contributed by atoms with Gasteiger partial charge in [-0.05, 0) is 37.0 Å². The predicted molar refractivity (Wildman–Crippen MR) is 90.8 cm³/mol. The summed E-state index contributed by atoms with van der Waals surface area (Å²) in [4.78, 5) is 22.7. The van der Waals surface area contributed by atoms with Gasteiger partial charge < -0.3 is 10.2 Å². The smallest absolute Gasteiger partial charge is 0.255 e. The van der Waals surface area contributed by atoms with E-state index in [0.717, 1.165) is 24.8 Å². The van der Waals surface area contributed by atoms with Crippen LogP contribution < -0.4 is 10.2 Å². The number of rotatable bonds is 4. The highest BCUT2D eigenvalue weighted by Crippen LogP contribution is 2.41. The molecule has 2 aromatic rings. The third kappa shape index (κ3) is 3.15. The Balaban J connectivity index is 1.78. The molecule has 1 N–H and O–H groups in total. The summed E-state index contributed by atoms with van der Waals surface area (Å²) in [5.74, 6) is 0.433. The zero-order chi connectivity index (χ0) is 16.4. The van der Waals surface area contributed by atoms with E-state index in [9.17, 15) is 4.79 Å². The number of amides is 1. The minimum atomic E-state index is -0.304. The Labute approximate surface area is 140 Å². The fraction of sp³-hybridized carbons (Fsp3) is 0.353. The SMILES string of the molecule is CN(C)c1ncc(C(=O)NC2(c3ccc(Cl)cc3)CCC2)cn1. The highest BCUT2D eigenvalue weighted by atomic mass is 35.5. The molecule has 5 nitrogen and oxygen atoms in total. The van der Waals surface area contributed by atoms with Gasteiger partial charge in [-0.15, -0.1) is 0 Å². The van der Waals surface area contributed by atoms with Crippen LogP contribution in [-0.4, -0.2) is 30.0 Å². The molecule has 23 heavy (non-hydrogen) atoms. The highest BCUT2D eigenvalue weighted by Gasteiger charge is 2.40. The Morgan fingerprint density at radius 3 is 2.26 bits per heavy atom. The third-order valence-corrected chi connectivity index (χ3v) is 4.51. The van der Waals surface area contributed by atoms with Crippen LogP contribution in [0.25, 0.3) is 0 Å². The van der Waals surface area contributed by atoms with Crippen molar-refractivity contribution in [2.24, 2.45) is 0 Å². The first kappa shape index (κ1) is 15.7. The summed E-state index contributed by atoms with van der Waals surface area (Å²) < 4.78 is 0. The molecule has 1 aliphatic carbocycles. The monoisotopic (exact) mass is 330 g/mol. The fourth-order valence-electron chi connectivity index (χ4n) is 2.74. The van der Waals surface area contributed by atoms with E-state index < -0.39 is 0 Å². The molecule has 3 rings (SSSR count). The van der Waals surface area contributed by atoms with Gasteiger partial charge in [0.25, 0.3) is 5.91 Å². The number of benzene rings is 1. The van der Waals surface area contributed by atoms with E-state index in [1.807, 2.05) is 38.4 Å². The lowest BCUT2D eigenvalue weighted by Crippen LogP contribution is -2.50. The molecule has 1 saturated carbocycles. The summed E-state index contributed by atoms with van der Waals surface area (Å²) in [6, 6.07) is 7.68. The van der Waals surface area contributed by atoms with Crippen molar-refractivity contribution in [3.8, 4) is 0 Å². The van der Waals surface area contributed by atoms with Crippen LogP contribution in [0.3, 0.4) is 0 Å². The van der Waals surface area contributed by atoms with Gasteiger partial charge in [0.15, 0.2) is 0 Å². The largest absolute Gasteiger partial charge is 0.347 e. The van der Waals surface area contributed by atoms with Crippen molar-refractivity contribution in [1.82, 2.24) is 15.3 Å². The van der Waals surface area contributed by atoms with Crippen LogP contribution in [-0.2, 0) is 5.54 Å². The molecule has 0 spiro atoms. The number of hydrogen-bond acceptors (Lipinski definition) is 4. The lowest BCUT2D eigenvalue weighted by Gasteiger charge is -2.43. The van der Waals surface area contributed by atoms with Crippen LogP contribution in [0.5, 0.6) is 0 Å². The molecular weight excluding hydrogens is 312 g/mol. The molecule has 0 atom stereocenters. The second-order valence-corrected chi connectivity index (χ2v) is 6.50. The van der Waals surface area contributed by atoms with Gasteiger partial charge in [0.1, 0.15) is 0 Å². The van der Waals surface area contributed by atoms with Gasteiger partial charge in [-0.1, -0.05) is 23.7 Å². The number of aromatic nitrogens is 2. The summed E-state index contributed by atoms with van der Waals surface area (Å²) >= 11 is 5.96. The molecule has 0 unspecified atom stereocenters. The van der Waals surface area contributed by atoms with Crippen molar-refractivity contribution in [3.05, 3.63) is 52.8 Å². The predicted octanol–water partition coefficient (Wildman–Crippen LogP) is 3.01. The highest BCUT2D eigenvalue weighted by molar-refractivity contribution is 6.30. The van der Waals surface area contributed by atoms with E-state index in [1.165, 1.54) is 0 Å². The van der Waals surface area contributed by atoms with E-state index in [2.05, 4.69) is 15.3 Å². The topological polar surface area (TPSA) is 58.1 Å². The van der Waals surface area contributed by atoms with Gasteiger partial charge in [-0.3, -0.25) is 4.79 Å². The first-order valence-electron chi connectivity index (χ1n) is 7.58. The molecule has 1 aromatic heterocycles. The number of nitrogens with one attached hydrogen (secondary N) is 1. The van der Waals surface area contributed by atoms with Crippen molar-refractivity contribution in [2.45, 2.75) is 24.8 Å². The van der Waals surface area contributed by atoms with Gasteiger partial charge in [0.2, 0.25) is 5.95 Å². The second kappa shape index (κ2) is 6.16. The van der Waals surface area contributed by atoms with E-state index in [-0.39, 0.29) is 11.4 Å². The Hall–Kier alpha value is -2.14. The molecule has 6 heteroatoms. The average molecular weight is 331 g/mol. The van der Waals surface area contributed by atoms with Crippen LogP contribution in [0.15, 0.2) is 36.7 Å². The molecule has 120 valence electrons. The summed E-state index contributed by atoms with van der Waals surface area (Å²) in [7, 11) is 3.72. The molecule has 0 aliphatic heterocycles. The van der Waals surface area contributed by atoms with Crippen molar-refractivity contribution in [2.75, 3.05) is 19.0 Å². The molecule has 0 bridgehead atoms. The quantitative estimate of drug-likeness (QED) is 0.936. The third-order valence-electron chi connectivity index (χ3n) is 4.26. The van der Waals surface area contributed by atoms with Crippen molar-refractivity contribution in [1.29, 1.82) is 0 Å². The number of carbonyl (C=O) groups excluding carboxylic acids is 1. The molecule has 1 amide bonds.